The monoisotopic (exact) mass is 495 g/mol. The van der Waals surface area contributed by atoms with Crippen molar-refractivity contribution in [1.29, 1.82) is 0 Å². The molecule has 1 aromatic heterocycles. The van der Waals surface area contributed by atoms with Crippen LogP contribution < -0.4 is 0 Å². The van der Waals surface area contributed by atoms with Crippen molar-refractivity contribution < 1.29 is 0 Å². The molecule has 7 aromatic carbocycles. The fourth-order valence-corrected chi connectivity index (χ4v) is 6.59. The number of halogens is 1. The fraction of sp³-hybridized carbons (Fsp3) is 0. The summed E-state index contributed by atoms with van der Waals surface area (Å²) in [4.78, 5) is 3.61. The van der Waals surface area contributed by atoms with Crippen LogP contribution in [0.2, 0.25) is 0 Å². The van der Waals surface area contributed by atoms with Gasteiger partial charge in [0, 0.05) is 31.7 Å². The smallest absolute Gasteiger partial charge is 0.0471 e. The van der Waals surface area contributed by atoms with Crippen molar-refractivity contribution >= 4 is 80.8 Å². The Morgan fingerprint density at radius 3 is 1.85 bits per heavy atom. The largest absolute Gasteiger partial charge is 0.354 e. The zero-order valence-electron chi connectivity index (χ0n) is 18.2. The number of rotatable bonds is 1. The Hall–Kier alpha value is -3.88. The third-order valence-electron chi connectivity index (χ3n) is 7.42. The average molecular weight is 496 g/mol. The maximum Gasteiger partial charge on any atom is 0.0471 e. The van der Waals surface area contributed by atoms with E-state index >= 15 is 0 Å². The number of hydrogen-bond acceptors (Lipinski definition) is 0. The molecular formula is C32H18BrN. The number of aromatic nitrogens is 1. The van der Waals surface area contributed by atoms with Gasteiger partial charge in [-0.05, 0) is 67.0 Å². The first-order valence-electron chi connectivity index (χ1n) is 11.6. The van der Waals surface area contributed by atoms with Crippen molar-refractivity contribution in [3.05, 3.63) is 108 Å². The van der Waals surface area contributed by atoms with Crippen molar-refractivity contribution in [2.45, 2.75) is 0 Å². The third-order valence-corrected chi connectivity index (χ3v) is 8.08. The minimum atomic E-state index is 1.13. The van der Waals surface area contributed by atoms with Gasteiger partial charge < -0.3 is 4.98 Å². The zero-order valence-corrected chi connectivity index (χ0v) is 19.8. The lowest BCUT2D eigenvalue weighted by atomic mass is 9.86. The summed E-state index contributed by atoms with van der Waals surface area (Å²) in [5.41, 5.74) is 4.86. The van der Waals surface area contributed by atoms with Crippen molar-refractivity contribution in [2.75, 3.05) is 0 Å². The summed E-state index contributed by atoms with van der Waals surface area (Å²) >= 11 is 3.94. The van der Waals surface area contributed by atoms with Crippen LogP contribution in [0.4, 0.5) is 0 Å². The second kappa shape index (κ2) is 6.59. The molecule has 0 aliphatic heterocycles. The molecule has 0 fully saturated rings. The first kappa shape index (κ1) is 18.5. The predicted octanol–water partition coefficient (Wildman–Crippen LogP) is 9.80. The molecule has 0 saturated heterocycles. The standard InChI is InChI=1S/C32H18BrN/c33-26-17-16-23-20-10-4-7-18-6-3-9-19(29(18)20)22-14-15-24(32(26)31(22)23)21-11-5-13-28-30(21)25-8-1-2-12-27(25)34-28/h1-17,34H. The molecule has 0 bridgehead atoms. The van der Waals surface area contributed by atoms with Crippen LogP contribution in [0.1, 0.15) is 0 Å². The Kier molecular flexibility index (Phi) is 3.59. The predicted molar refractivity (Wildman–Crippen MR) is 150 cm³/mol. The molecule has 0 atom stereocenters. The molecule has 1 nitrogen and oxygen atoms in total. The van der Waals surface area contributed by atoms with Crippen LogP contribution in [0.3, 0.4) is 0 Å². The quantitative estimate of drug-likeness (QED) is 0.172. The van der Waals surface area contributed by atoms with Crippen molar-refractivity contribution in [3.63, 3.8) is 0 Å². The van der Waals surface area contributed by atoms with Gasteiger partial charge in [-0.15, -0.1) is 0 Å². The highest BCUT2D eigenvalue weighted by molar-refractivity contribution is 9.10. The van der Waals surface area contributed by atoms with Crippen LogP contribution in [-0.2, 0) is 0 Å². The highest BCUT2D eigenvalue weighted by Crippen LogP contribution is 2.46. The zero-order chi connectivity index (χ0) is 22.4. The van der Waals surface area contributed by atoms with Crippen LogP contribution in [0.5, 0.6) is 0 Å². The first-order chi connectivity index (χ1) is 16.8. The van der Waals surface area contributed by atoms with Gasteiger partial charge >= 0.3 is 0 Å². The molecule has 2 heteroatoms. The van der Waals surface area contributed by atoms with E-state index in [4.69, 9.17) is 0 Å². The molecule has 0 unspecified atom stereocenters. The molecular weight excluding hydrogens is 478 g/mol. The molecule has 0 aliphatic carbocycles. The number of para-hydroxylation sites is 1. The summed E-state index contributed by atoms with van der Waals surface area (Å²) < 4.78 is 1.13. The van der Waals surface area contributed by atoms with Crippen LogP contribution >= 0.6 is 15.9 Å². The molecule has 0 saturated carbocycles. The van der Waals surface area contributed by atoms with Gasteiger partial charge in [-0.3, -0.25) is 0 Å². The van der Waals surface area contributed by atoms with Gasteiger partial charge in [-0.2, -0.15) is 0 Å². The Morgan fingerprint density at radius 2 is 1.03 bits per heavy atom. The van der Waals surface area contributed by atoms with Gasteiger partial charge in [0.05, 0.1) is 0 Å². The Morgan fingerprint density at radius 1 is 0.412 bits per heavy atom. The van der Waals surface area contributed by atoms with E-state index in [1.165, 1.54) is 76.0 Å². The van der Waals surface area contributed by atoms with E-state index in [9.17, 15) is 0 Å². The molecule has 8 aromatic rings. The Balaban J connectivity index is 1.61. The normalized spacial score (nSPS) is 12.3. The van der Waals surface area contributed by atoms with Gasteiger partial charge in [0.15, 0.2) is 0 Å². The number of nitrogens with one attached hydrogen (secondary N) is 1. The van der Waals surface area contributed by atoms with E-state index < -0.39 is 0 Å². The summed E-state index contributed by atoms with van der Waals surface area (Å²) in [5, 5.41) is 13.1. The van der Waals surface area contributed by atoms with Crippen molar-refractivity contribution in [2.24, 2.45) is 0 Å². The SMILES string of the molecule is Brc1ccc2c3cccc4cccc(c5ccc(-c6cccc7[nH]c8ccccc8c67)c1c25)c43. The average Bonchev–Trinajstić information content (AvgIpc) is 3.27. The van der Waals surface area contributed by atoms with E-state index in [2.05, 4.69) is 124 Å². The second-order valence-electron chi connectivity index (χ2n) is 9.11. The minimum Gasteiger partial charge on any atom is -0.354 e. The Labute approximate surface area is 204 Å². The van der Waals surface area contributed by atoms with E-state index in [0.29, 0.717) is 0 Å². The molecule has 0 amide bonds. The maximum absolute atomic E-state index is 3.94. The maximum atomic E-state index is 3.94. The van der Waals surface area contributed by atoms with Gasteiger partial charge in [0.1, 0.15) is 0 Å². The lowest BCUT2D eigenvalue weighted by Crippen LogP contribution is -1.90. The molecule has 34 heavy (non-hydrogen) atoms. The lowest BCUT2D eigenvalue weighted by Gasteiger charge is -2.18. The number of H-pyrrole nitrogens is 1. The van der Waals surface area contributed by atoms with Crippen LogP contribution in [0, 0.1) is 0 Å². The van der Waals surface area contributed by atoms with Gasteiger partial charge in [0.2, 0.25) is 0 Å². The van der Waals surface area contributed by atoms with E-state index in [1.54, 1.807) is 0 Å². The third kappa shape index (κ3) is 2.29. The van der Waals surface area contributed by atoms with Crippen LogP contribution in [-0.4, -0.2) is 4.98 Å². The topological polar surface area (TPSA) is 15.8 Å². The summed E-state index contributed by atoms with van der Waals surface area (Å²) in [5.74, 6) is 0. The Bertz CT molecular complexity index is 2030. The molecule has 0 radical (unpaired) electrons. The number of hydrogen-bond donors (Lipinski definition) is 1. The minimum absolute atomic E-state index is 1.13. The number of benzene rings is 7. The lowest BCUT2D eigenvalue weighted by molar-refractivity contribution is 1.55. The molecule has 158 valence electrons. The first-order valence-corrected chi connectivity index (χ1v) is 12.4. The van der Waals surface area contributed by atoms with Gasteiger partial charge in [-0.25, -0.2) is 0 Å². The molecule has 0 spiro atoms. The summed E-state index contributed by atoms with van der Waals surface area (Å²) in [6.45, 7) is 0. The van der Waals surface area contributed by atoms with E-state index in [1.807, 2.05) is 0 Å². The van der Waals surface area contributed by atoms with E-state index in [0.717, 1.165) is 4.47 Å². The van der Waals surface area contributed by atoms with Gasteiger partial charge in [-0.1, -0.05) is 101 Å². The van der Waals surface area contributed by atoms with Crippen LogP contribution in [0.25, 0.3) is 76.0 Å². The van der Waals surface area contributed by atoms with Gasteiger partial charge in [0.25, 0.3) is 0 Å². The van der Waals surface area contributed by atoms with Crippen LogP contribution in [0.15, 0.2) is 108 Å². The fourth-order valence-electron chi connectivity index (χ4n) is 6.04. The molecule has 1 heterocycles. The van der Waals surface area contributed by atoms with Crippen molar-refractivity contribution in [1.82, 2.24) is 4.98 Å². The highest BCUT2D eigenvalue weighted by Gasteiger charge is 2.19. The molecule has 1 N–H and O–H groups in total. The molecule has 8 rings (SSSR count). The van der Waals surface area contributed by atoms with E-state index in [-0.39, 0.29) is 0 Å². The van der Waals surface area contributed by atoms with Crippen molar-refractivity contribution in [3.8, 4) is 11.1 Å². The summed E-state index contributed by atoms with van der Waals surface area (Å²) in [6, 6.07) is 37.6. The second-order valence-corrected chi connectivity index (χ2v) is 9.97. The summed E-state index contributed by atoms with van der Waals surface area (Å²) in [6.07, 6.45) is 0. The highest BCUT2D eigenvalue weighted by atomic mass is 79.9. The summed E-state index contributed by atoms with van der Waals surface area (Å²) in [7, 11) is 0. The number of aromatic amines is 1. The molecule has 0 aliphatic rings. The number of fused-ring (bicyclic) bond motifs is 5.